The molecule has 0 radical (unpaired) electrons. The van der Waals surface area contributed by atoms with E-state index in [9.17, 15) is 0 Å². The van der Waals surface area contributed by atoms with Crippen LogP contribution in [0.3, 0.4) is 0 Å². The SMILES string of the molecule is Cc1cc(Nc2cc(N(C)Cc3cccnc3)nc(N[C@@H]3C[C@H]4CC[C@@H](C3)N4CCC#N)n2)n[nH]1. The van der Waals surface area contributed by atoms with Crippen LogP contribution in [0.25, 0.3) is 0 Å². The number of anilines is 4. The van der Waals surface area contributed by atoms with Crippen molar-refractivity contribution in [3.05, 3.63) is 47.9 Å². The molecule has 10 nitrogen and oxygen atoms in total. The molecule has 0 unspecified atom stereocenters. The summed E-state index contributed by atoms with van der Waals surface area (Å²) in [5.41, 5.74) is 2.09. The standard InChI is InChI=1S/C25H32N10/c1-17-11-23(33-32-17)29-22-14-24(34(2)16-18-5-3-9-27-15-18)31-25(30-22)28-19-12-20-6-7-21(13-19)35(20)10-4-8-26/h3,5,9,11,14-15,19-21H,4,6-7,10,12-13,16H2,1-2H3,(H3,28,29,30,31,32,33)/t19-,20-,21+. The molecule has 0 aliphatic carbocycles. The summed E-state index contributed by atoms with van der Waals surface area (Å²) in [6.07, 6.45) is 8.75. The Balaban J connectivity index is 1.34. The highest BCUT2D eigenvalue weighted by Crippen LogP contribution is 2.36. The van der Waals surface area contributed by atoms with Crippen LogP contribution in [0, 0.1) is 18.3 Å². The second kappa shape index (κ2) is 10.3. The number of aryl methyl sites for hydroxylation is 1. The molecule has 5 heterocycles. The summed E-state index contributed by atoms with van der Waals surface area (Å²) >= 11 is 0. The van der Waals surface area contributed by atoms with E-state index in [0.29, 0.717) is 42.9 Å². The normalized spacial score (nSPS) is 21.5. The zero-order valence-electron chi connectivity index (χ0n) is 20.3. The molecule has 2 saturated heterocycles. The number of hydrogen-bond donors (Lipinski definition) is 3. The number of pyridine rings is 1. The molecule has 35 heavy (non-hydrogen) atoms. The Bertz CT molecular complexity index is 1160. The van der Waals surface area contributed by atoms with Gasteiger partial charge in [-0.1, -0.05) is 6.07 Å². The topological polar surface area (TPSA) is 122 Å². The Labute approximate surface area is 205 Å². The summed E-state index contributed by atoms with van der Waals surface area (Å²) in [6.45, 7) is 3.53. The fourth-order valence-corrected chi connectivity index (χ4v) is 5.34. The molecule has 182 valence electrons. The number of nitrogens with zero attached hydrogens (tertiary/aromatic N) is 7. The molecular formula is C25H32N10. The molecule has 2 aliphatic heterocycles. The number of nitrogens with one attached hydrogen (secondary N) is 3. The third-order valence-corrected chi connectivity index (χ3v) is 6.91. The van der Waals surface area contributed by atoms with Crippen molar-refractivity contribution in [2.45, 2.75) is 63.7 Å². The van der Waals surface area contributed by atoms with Crippen LogP contribution in [0.4, 0.5) is 23.4 Å². The molecule has 0 aromatic carbocycles. The fourth-order valence-electron chi connectivity index (χ4n) is 5.34. The molecular weight excluding hydrogens is 440 g/mol. The summed E-state index contributed by atoms with van der Waals surface area (Å²) in [5, 5.41) is 23.2. The van der Waals surface area contributed by atoms with E-state index in [2.05, 4.69) is 47.8 Å². The van der Waals surface area contributed by atoms with Crippen molar-refractivity contribution in [2.75, 3.05) is 29.1 Å². The van der Waals surface area contributed by atoms with Gasteiger partial charge in [0.2, 0.25) is 5.95 Å². The first kappa shape index (κ1) is 23.1. The van der Waals surface area contributed by atoms with Gasteiger partial charge in [-0.05, 0) is 44.2 Å². The van der Waals surface area contributed by atoms with E-state index in [0.717, 1.165) is 42.3 Å². The molecule has 0 saturated carbocycles. The highest BCUT2D eigenvalue weighted by molar-refractivity contribution is 5.59. The van der Waals surface area contributed by atoms with E-state index in [4.69, 9.17) is 15.2 Å². The maximum Gasteiger partial charge on any atom is 0.226 e. The molecule has 0 amide bonds. The maximum absolute atomic E-state index is 9.01. The van der Waals surface area contributed by atoms with Crippen LogP contribution in [-0.4, -0.2) is 61.8 Å². The number of nitriles is 1. The predicted molar refractivity (Wildman–Crippen MR) is 135 cm³/mol. The van der Waals surface area contributed by atoms with Crippen LogP contribution in [0.2, 0.25) is 0 Å². The third-order valence-electron chi connectivity index (χ3n) is 6.91. The van der Waals surface area contributed by atoms with Gasteiger partial charge in [-0.25, -0.2) is 0 Å². The number of aromatic amines is 1. The van der Waals surface area contributed by atoms with Crippen LogP contribution in [0.15, 0.2) is 36.7 Å². The Kier molecular flexibility index (Phi) is 6.77. The smallest absolute Gasteiger partial charge is 0.226 e. The Morgan fingerprint density at radius 3 is 2.71 bits per heavy atom. The second-order valence-corrected chi connectivity index (χ2v) is 9.56. The number of fused-ring (bicyclic) bond motifs is 2. The molecule has 3 aromatic heterocycles. The summed E-state index contributed by atoms with van der Waals surface area (Å²) in [7, 11) is 2.02. The van der Waals surface area contributed by atoms with Gasteiger partial charge in [-0.15, -0.1) is 0 Å². The van der Waals surface area contributed by atoms with Crippen molar-refractivity contribution in [1.82, 2.24) is 30.0 Å². The Hall–Kier alpha value is -3.71. The lowest BCUT2D eigenvalue weighted by molar-refractivity contribution is 0.135. The number of aromatic nitrogens is 5. The van der Waals surface area contributed by atoms with Crippen molar-refractivity contribution in [3.8, 4) is 6.07 Å². The molecule has 3 aromatic rings. The number of rotatable bonds is 9. The lowest BCUT2D eigenvalue weighted by atomic mass is 9.97. The highest BCUT2D eigenvalue weighted by atomic mass is 15.3. The van der Waals surface area contributed by atoms with Crippen molar-refractivity contribution in [3.63, 3.8) is 0 Å². The number of hydrogen-bond acceptors (Lipinski definition) is 9. The lowest BCUT2D eigenvalue weighted by Crippen LogP contribution is -2.47. The van der Waals surface area contributed by atoms with E-state index in [1.807, 2.05) is 38.4 Å². The average molecular weight is 473 g/mol. The van der Waals surface area contributed by atoms with Gasteiger partial charge in [0.1, 0.15) is 11.6 Å². The van der Waals surface area contributed by atoms with Crippen molar-refractivity contribution < 1.29 is 0 Å². The zero-order valence-corrected chi connectivity index (χ0v) is 20.3. The third kappa shape index (κ3) is 5.52. The Morgan fingerprint density at radius 1 is 1.20 bits per heavy atom. The number of H-pyrrole nitrogens is 1. The van der Waals surface area contributed by atoms with E-state index in [1.54, 1.807) is 6.20 Å². The van der Waals surface area contributed by atoms with Crippen LogP contribution in [0.1, 0.15) is 43.4 Å². The summed E-state index contributed by atoms with van der Waals surface area (Å²) in [4.78, 5) is 18.5. The van der Waals surface area contributed by atoms with Crippen LogP contribution in [0.5, 0.6) is 0 Å². The zero-order chi connectivity index (χ0) is 24.2. The van der Waals surface area contributed by atoms with Crippen molar-refractivity contribution in [1.29, 1.82) is 5.26 Å². The summed E-state index contributed by atoms with van der Waals surface area (Å²) < 4.78 is 0. The largest absolute Gasteiger partial charge is 0.355 e. The minimum Gasteiger partial charge on any atom is -0.355 e. The van der Waals surface area contributed by atoms with Gasteiger partial charge in [-0.3, -0.25) is 15.0 Å². The molecule has 3 N–H and O–H groups in total. The molecule has 3 atom stereocenters. The van der Waals surface area contributed by atoms with E-state index in [1.165, 1.54) is 12.8 Å². The average Bonchev–Trinajstić information content (AvgIpc) is 3.36. The first-order chi connectivity index (χ1) is 17.1. The highest BCUT2D eigenvalue weighted by Gasteiger charge is 2.40. The van der Waals surface area contributed by atoms with E-state index >= 15 is 0 Å². The number of piperidine rings is 1. The second-order valence-electron chi connectivity index (χ2n) is 9.56. The van der Waals surface area contributed by atoms with Gasteiger partial charge < -0.3 is 15.5 Å². The molecule has 2 aliphatic rings. The van der Waals surface area contributed by atoms with Gasteiger partial charge in [-0.2, -0.15) is 20.3 Å². The molecule has 10 heteroatoms. The first-order valence-corrected chi connectivity index (χ1v) is 12.2. The van der Waals surface area contributed by atoms with Crippen molar-refractivity contribution >= 4 is 23.4 Å². The monoisotopic (exact) mass is 472 g/mol. The van der Waals surface area contributed by atoms with Gasteiger partial charge >= 0.3 is 0 Å². The van der Waals surface area contributed by atoms with E-state index < -0.39 is 0 Å². The van der Waals surface area contributed by atoms with Crippen LogP contribution >= 0.6 is 0 Å². The van der Waals surface area contributed by atoms with Gasteiger partial charge in [0.05, 0.1) is 6.07 Å². The van der Waals surface area contributed by atoms with Gasteiger partial charge in [0, 0.05) is 74.9 Å². The quantitative estimate of drug-likeness (QED) is 0.429. The van der Waals surface area contributed by atoms with Gasteiger partial charge in [0.25, 0.3) is 0 Å². The van der Waals surface area contributed by atoms with Crippen LogP contribution in [-0.2, 0) is 6.54 Å². The molecule has 5 rings (SSSR count). The fraction of sp³-hybridized carbons (Fsp3) is 0.480. The minimum absolute atomic E-state index is 0.310. The lowest BCUT2D eigenvalue weighted by Gasteiger charge is -2.38. The maximum atomic E-state index is 9.01. The summed E-state index contributed by atoms with van der Waals surface area (Å²) in [6, 6.07) is 11.6. The van der Waals surface area contributed by atoms with Gasteiger partial charge in [0.15, 0.2) is 5.82 Å². The van der Waals surface area contributed by atoms with Crippen LogP contribution < -0.4 is 15.5 Å². The van der Waals surface area contributed by atoms with Crippen molar-refractivity contribution in [2.24, 2.45) is 0 Å². The first-order valence-electron chi connectivity index (χ1n) is 12.2. The Morgan fingerprint density at radius 2 is 2.03 bits per heavy atom. The molecule has 2 fully saturated rings. The minimum atomic E-state index is 0.310. The molecule has 2 bridgehead atoms. The summed E-state index contributed by atoms with van der Waals surface area (Å²) in [5.74, 6) is 2.84. The predicted octanol–water partition coefficient (Wildman–Crippen LogP) is 3.60. The van der Waals surface area contributed by atoms with E-state index in [-0.39, 0.29) is 0 Å². The molecule has 0 spiro atoms.